The molecule has 0 spiro atoms. The predicted molar refractivity (Wildman–Crippen MR) is 83.7 cm³/mol. The molecule has 3 aromatic rings. The SMILES string of the molecule is O=C(Cc1ccc([N+](=O)[O-])cc1)Nc1cc2ccccc2[nH]1. The third-order valence-corrected chi connectivity index (χ3v) is 3.32. The Morgan fingerprint density at radius 2 is 1.86 bits per heavy atom. The first-order valence-electron chi connectivity index (χ1n) is 6.73. The van der Waals surface area contributed by atoms with Gasteiger partial charge in [-0.2, -0.15) is 0 Å². The average molecular weight is 295 g/mol. The van der Waals surface area contributed by atoms with Crippen LogP contribution in [0.5, 0.6) is 0 Å². The molecule has 2 N–H and O–H groups in total. The van der Waals surface area contributed by atoms with Crippen LogP contribution in [0.25, 0.3) is 10.9 Å². The van der Waals surface area contributed by atoms with Crippen molar-refractivity contribution in [1.82, 2.24) is 4.98 Å². The highest BCUT2D eigenvalue weighted by molar-refractivity contribution is 5.94. The third-order valence-electron chi connectivity index (χ3n) is 3.32. The quantitative estimate of drug-likeness (QED) is 0.572. The number of carbonyl (C=O) groups excluding carboxylic acids is 1. The topological polar surface area (TPSA) is 88.0 Å². The summed E-state index contributed by atoms with van der Waals surface area (Å²) in [7, 11) is 0. The van der Waals surface area contributed by atoms with Crippen molar-refractivity contribution in [3.63, 3.8) is 0 Å². The minimum Gasteiger partial charge on any atom is -0.341 e. The molecule has 0 unspecified atom stereocenters. The van der Waals surface area contributed by atoms with E-state index < -0.39 is 4.92 Å². The molecule has 0 aliphatic rings. The minimum absolute atomic E-state index is 0.0137. The number of nitro benzene ring substituents is 1. The van der Waals surface area contributed by atoms with E-state index in [0.29, 0.717) is 5.82 Å². The number of anilines is 1. The van der Waals surface area contributed by atoms with Gasteiger partial charge in [0.25, 0.3) is 5.69 Å². The van der Waals surface area contributed by atoms with Crippen molar-refractivity contribution in [3.05, 3.63) is 70.3 Å². The molecule has 22 heavy (non-hydrogen) atoms. The van der Waals surface area contributed by atoms with Crippen LogP contribution < -0.4 is 5.32 Å². The Balaban J connectivity index is 1.68. The van der Waals surface area contributed by atoms with E-state index in [1.54, 1.807) is 12.1 Å². The number of nitrogens with one attached hydrogen (secondary N) is 2. The van der Waals surface area contributed by atoms with Crippen LogP contribution in [0.15, 0.2) is 54.6 Å². The zero-order valence-corrected chi connectivity index (χ0v) is 11.6. The Hall–Kier alpha value is -3.15. The maximum atomic E-state index is 12.0. The van der Waals surface area contributed by atoms with Crippen LogP contribution >= 0.6 is 0 Å². The van der Waals surface area contributed by atoms with Crippen LogP contribution in [0.4, 0.5) is 11.5 Å². The summed E-state index contributed by atoms with van der Waals surface area (Å²) in [4.78, 5) is 25.2. The van der Waals surface area contributed by atoms with Crippen LogP contribution in [-0.2, 0) is 11.2 Å². The van der Waals surface area contributed by atoms with Crippen LogP contribution in [-0.4, -0.2) is 15.8 Å². The van der Waals surface area contributed by atoms with Gasteiger partial charge in [-0.25, -0.2) is 0 Å². The zero-order chi connectivity index (χ0) is 15.5. The van der Waals surface area contributed by atoms with Gasteiger partial charge in [-0.3, -0.25) is 14.9 Å². The van der Waals surface area contributed by atoms with E-state index in [2.05, 4.69) is 10.3 Å². The van der Waals surface area contributed by atoms with E-state index in [4.69, 9.17) is 0 Å². The van der Waals surface area contributed by atoms with Gasteiger partial charge in [0.2, 0.25) is 5.91 Å². The molecule has 0 fully saturated rings. The molecule has 0 atom stereocenters. The molecule has 2 aromatic carbocycles. The van der Waals surface area contributed by atoms with Crippen LogP contribution in [0, 0.1) is 10.1 Å². The minimum atomic E-state index is -0.464. The number of carbonyl (C=O) groups is 1. The van der Waals surface area contributed by atoms with Crippen molar-refractivity contribution in [3.8, 4) is 0 Å². The van der Waals surface area contributed by atoms with Gasteiger partial charge in [0.15, 0.2) is 0 Å². The van der Waals surface area contributed by atoms with Gasteiger partial charge in [0.1, 0.15) is 5.82 Å². The van der Waals surface area contributed by atoms with Crippen molar-refractivity contribution in [2.75, 3.05) is 5.32 Å². The highest BCUT2D eigenvalue weighted by Crippen LogP contribution is 2.18. The number of H-pyrrole nitrogens is 1. The molecule has 1 amide bonds. The zero-order valence-electron chi connectivity index (χ0n) is 11.6. The molecule has 0 saturated carbocycles. The lowest BCUT2D eigenvalue weighted by molar-refractivity contribution is -0.384. The number of hydrogen-bond acceptors (Lipinski definition) is 3. The molecule has 110 valence electrons. The average Bonchev–Trinajstić information content (AvgIpc) is 2.89. The number of benzene rings is 2. The summed E-state index contributed by atoms with van der Waals surface area (Å²) in [5.74, 6) is 0.452. The van der Waals surface area contributed by atoms with E-state index in [9.17, 15) is 14.9 Å². The van der Waals surface area contributed by atoms with Gasteiger partial charge in [0.05, 0.1) is 11.3 Å². The van der Waals surface area contributed by atoms with Crippen molar-refractivity contribution in [1.29, 1.82) is 0 Å². The van der Waals surface area contributed by atoms with Gasteiger partial charge >= 0.3 is 0 Å². The van der Waals surface area contributed by atoms with E-state index >= 15 is 0 Å². The molecule has 0 saturated heterocycles. The summed E-state index contributed by atoms with van der Waals surface area (Å²) in [6, 6.07) is 15.6. The first-order chi connectivity index (χ1) is 10.6. The fraction of sp³-hybridized carbons (Fsp3) is 0.0625. The van der Waals surface area contributed by atoms with E-state index in [1.165, 1.54) is 12.1 Å². The maximum Gasteiger partial charge on any atom is 0.269 e. The van der Waals surface area contributed by atoms with Crippen molar-refractivity contribution in [2.24, 2.45) is 0 Å². The lowest BCUT2D eigenvalue weighted by Crippen LogP contribution is -2.14. The number of aromatic nitrogens is 1. The Kier molecular flexibility index (Phi) is 3.57. The normalized spacial score (nSPS) is 10.5. The summed E-state index contributed by atoms with van der Waals surface area (Å²) >= 11 is 0. The van der Waals surface area contributed by atoms with Crippen LogP contribution in [0.2, 0.25) is 0 Å². The van der Waals surface area contributed by atoms with Crippen molar-refractivity contribution < 1.29 is 9.72 Å². The standard InChI is InChI=1S/C16H13N3O3/c20-16(9-11-5-7-13(8-6-11)19(21)22)18-15-10-12-3-1-2-4-14(12)17-15/h1-8,10,17H,9H2,(H,18,20). The van der Waals surface area contributed by atoms with Gasteiger partial charge in [0, 0.05) is 23.0 Å². The molecule has 0 aliphatic heterocycles. The van der Waals surface area contributed by atoms with Gasteiger partial charge in [-0.1, -0.05) is 30.3 Å². The molecule has 0 radical (unpaired) electrons. The van der Waals surface area contributed by atoms with Gasteiger partial charge in [-0.15, -0.1) is 0 Å². The summed E-state index contributed by atoms with van der Waals surface area (Å²) in [5.41, 5.74) is 1.69. The number of non-ortho nitro benzene ring substituents is 1. The molecule has 6 heteroatoms. The molecule has 6 nitrogen and oxygen atoms in total. The Morgan fingerprint density at radius 1 is 1.14 bits per heavy atom. The van der Waals surface area contributed by atoms with Crippen molar-refractivity contribution in [2.45, 2.75) is 6.42 Å². The molecule has 3 rings (SSSR count). The largest absolute Gasteiger partial charge is 0.341 e. The molecule has 1 aromatic heterocycles. The van der Waals surface area contributed by atoms with Crippen LogP contribution in [0.1, 0.15) is 5.56 Å². The third kappa shape index (κ3) is 2.95. The number of amides is 1. The summed E-state index contributed by atoms with van der Waals surface area (Å²) < 4.78 is 0. The van der Waals surface area contributed by atoms with E-state index in [-0.39, 0.29) is 18.0 Å². The Labute approximate surface area is 125 Å². The molecular weight excluding hydrogens is 282 g/mol. The summed E-state index contributed by atoms with van der Waals surface area (Å²) in [6.45, 7) is 0. The lowest BCUT2D eigenvalue weighted by Gasteiger charge is -2.03. The molecule has 0 aliphatic carbocycles. The molecular formula is C16H13N3O3. The predicted octanol–water partition coefficient (Wildman–Crippen LogP) is 3.26. The summed E-state index contributed by atoms with van der Waals surface area (Å²) in [6.07, 6.45) is 0.160. The Bertz CT molecular complexity index is 804. The highest BCUT2D eigenvalue weighted by atomic mass is 16.6. The number of fused-ring (bicyclic) bond motifs is 1. The summed E-state index contributed by atoms with van der Waals surface area (Å²) in [5, 5.41) is 14.4. The van der Waals surface area contributed by atoms with E-state index in [1.807, 2.05) is 30.3 Å². The number of aromatic amines is 1. The Morgan fingerprint density at radius 3 is 2.55 bits per heavy atom. The van der Waals surface area contributed by atoms with E-state index in [0.717, 1.165) is 16.5 Å². The number of para-hydroxylation sites is 1. The smallest absolute Gasteiger partial charge is 0.269 e. The second-order valence-corrected chi connectivity index (χ2v) is 4.92. The highest BCUT2D eigenvalue weighted by Gasteiger charge is 2.08. The maximum absolute atomic E-state index is 12.0. The lowest BCUT2D eigenvalue weighted by atomic mass is 10.1. The van der Waals surface area contributed by atoms with Gasteiger partial charge in [-0.05, 0) is 17.7 Å². The molecule has 0 bridgehead atoms. The number of nitrogens with zero attached hydrogens (tertiary/aromatic N) is 1. The first-order valence-corrected chi connectivity index (χ1v) is 6.73. The number of rotatable bonds is 4. The second kappa shape index (κ2) is 5.69. The first kappa shape index (κ1) is 13.8. The fourth-order valence-corrected chi connectivity index (χ4v) is 2.26. The van der Waals surface area contributed by atoms with Crippen molar-refractivity contribution >= 4 is 28.3 Å². The second-order valence-electron chi connectivity index (χ2n) is 4.92. The van der Waals surface area contributed by atoms with Crippen LogP contribution in [0.3, 0.4) is 0 Å². The number of hydrogen-bond donors (Lipinski definition) is 2. The fourth-order valence-electron chi connectivity index (χ4n) is 2.26. The van der Waals surface area contributed by atoms with Gasteiger partial charge < -0.3 is 10.3 Å². The number of nitro groups is 1. The molecule has 1 heterocycles. The monoisotopic (exact) mass is 295 g/mol.